The van der Waals surface area contributed by atoms with Crippen molar-refractivity contribution in [2.45, 2.75) is 13.0 Å². The lowest BCUT2D eigenvalue weighted by atomic mass is 10.1. The van der Waals surface area contributed by atoms with Gasteiger partial charge in [-0.2, -0.15) is 0 Å². The van der Waals surface area contributed by atoms with Crippen LogP contribution < -0.4 is 14.8 Å². The Labute approximate surface area is 117 Å². The van der Waals surface area contributed by atoms with Crippen LogP contribution in [-0.2, 0) is 20.0 Å². The minimum Gasteiger partial charge on any atom is -0.486 e. The average Bonchev–Trinajstić information content (AvgIpc) is 2.89. The van der Waals surface area contributed by atoms with Crippen molar-refractivity contribution in [3.05, 3.63) is 35.9 Å². The van der Waals surface area contributed by atoms with Gasteiger partial charge in [0.1, 0.15) is 25.4 Å². The molecule has 0 saturated heterocycles. The second kappa shape index (κ2) is 5.92. The summed E-state index contributed by atoms with van der Waals surface area (Å²) in [4.78, 5) is 0. The zero-order valence-electron chi connectivity index (χ0n) is 11.5. The first-order valence-corrected chi connectivity index (χ1v) is 6.75. The summed E-state index contributed by atoms with van der Waals surface area (Å²) in [7, 11) is 1.95. The fraction of sp³-hybridized carbons (Fsp3) is 0.429. The summed E-state index contributed by atoms with van der Waals surface area (Å²) < 4.78 is 13.2. The zero-order valence-corrected chi connectivity index (χ0v) is 11.5. The van der Waals surface area contributed by atoms with Crippen LogP contribution in [0.5, 0.6) is 11.5 Å². The van der Waals surface area contributed by atoms with E-state index in [-0.39, 0.29) is 0 Å². The third-order valence-corrected chi connectivity index (χ3v) is 3.29. The average molecular weight is 274 g/mol. The van der Waals surface area contributed by atoms with E-state index in [0.717, 1.165) is 42.4 Å². The quantitative estimate of drug-likeness (QED) is 0.822. The van der Waals surface area contributed by atoms with E-state index in [9.17, 15) is 0 Å². The summed E-state index contributed by atoms with van der Waals surface area (Å²) in [5.74, 6) is 2.68. The van der Waals surface area contributed by atoms with E-state index in [1.165, 1.54) is 0 Å². The highest BCUT2D eigenvalue weighted by Crippen LogP contribution is 2.33. The van der Waals surface area contributed by atoms with Crippen LogP contribution in [0.1, 0.15) is 11.4 Å². The van der Waals surface area contributed by atoms with Crippen molar-refractivity contribution in [1.82, 2.24) is 20.1 Å². The molecule has 1 aliphatic heterocycles. The molecule has 6 heteroatoms. The number of para-hydroxylation sites is 1. The van der Waals surface area contributed by atoms with Crippen LogP contribution in [0.4, 0.5) is 0 Å². The highest BCUT2D eigenvalue weighted by atomic mass is 16.6. The number of hydrogen-bond donors (Lipinski definition) is 1. The van der Waals surface area contributed by atoms with Crippen LogP contribution in [-0.4, -0.2) is 34.5 Å². The van der Waals surface area contributed by atoms with Crippen molar-refractivity contribution in [2.75, 3.05) is 19.8 Å². The maximum atomic E-state index is 5.69. The van der Waals surface area contributed by atoms with Crippen LogP contribution in [0.3, 0.4) is 0 Å². The first-order chi connectivity index (χ1) is 9.84. The summed E-state index contributed by atoms with van der Waals surface area (Å²) in [6, 6.07) is 5.99. The molecule has 2 aromatic rings. The second-order valence-electron chi connectivity index (χ2n) is 4.73. The molecular weight excluding hydrogens is 256 g/mol. The molecule has 1 aliphatic rings. The first-order valence-electron chi connectivity index (χ1n) is 6.75. The van der Waals surface area contributed by atoms with Crippen LogP contribution in [0.25, 0.3) is 0 Å². The summed E-state index contributed by atoms with van der Waals surface area (Å²) >= 11 is 0. The Morgan fingerprint density at radius 3 is 3.05 bits per heavy atom. The van der Waals surface area contributed by atoms with E-state index in [1.54, 1.807) is 6.33 Å². The Balaban J connectivity index is 1.55. The lowest BCUT2D eigenvalue weighted by molar-refractivity contribution is 0.169. The van der Waals surface area contributed by atoms with Gasteiger partial charge in [-0.05, 0) is 6.07 Å². The highest BCUT2D eigenvalue weighted by molar-refractivity contribution is 5.47. The molecule has 0 bridgehead atoms. The third kappa shape index (κ3) is 2.75. The molecule has 0 spiro atoms. The third-order valence-electron chi connectivity index (χ3n) is 3.29. The SMILES string of the molecule is Cn1cnnc1CCNCc1cccc2c1OCCO2. The van der Waals surface area contributed by atoms with Crippen molar-refractivity contribution >= 4 is 0 Å². The Hall–Kier alpha value is -2.08. The van der Waals surface area contributed by atoms with Gasteiger partial charge in [0.25, 0.3) is 0 Å². The van der Waals surface area contributed by atoms with Gasteiger partial charge in [0, 0.05) is 32.1 Å². The number of ether oxygens (including phenoxy) is 2. The predicted molar refractivity (Wildman–Crippen MR) is 73.8 cm³/mol. The normalized spacial score (nSPS) is 13.4. The molecule has 1 aromatic heterocycles. The molecule has 0 fully saturated rings. The summed E-state index contributed by atoms with van der Waals surface area (Å²) in [5, 5.41) is 11.3. The van der Waals surface area contributed by atoms with Gasteiger partial charge in [-0.15, -0.1) is 10.2 Å². The Morgan fingerprint density at radius 1 is 1.30 bits per heavy atom. The van der Waals surface area contributed by atoms with Crippen LogP contribution in [0.2, 0.25) is 0 Å². The van der Waals surface area contributed by atoms with E-state index >= 15 is 0 Å². The van der Waals surface area contributed by atoms with Gasteiger partial charge in [-0.1, -0.05) is 12.1 Å². The fourth-order valence-electron chi connectivity index (χ4n) is 2.23. The van der Waals surface area contributed by atoms with Crippen molar-refractivity contribution in [3.63, 3.8) is 0 Å². The maximum Gasteiger partial charge on any atom is 0.165 e. The maximum absolute atomic E-state index is 5.69. The fourth-order valence-corrected chi connectivity index (χ4v) is 2.23. The Kier molecular flexibility index (Phi) is 3.83. The van der Waals surface area contributed by atoms with Crippen LogP contribution in [0, 0.1) is 0 Å². The van der Waals surface area contributed by atoms with Crippen LogP contribution in [0.15, 0.2) is 24.5 Å². The summed E-state index contributed by atoms with van der Waals surface area (Å²) in [6.07, 6.45) is 2.57. The van der Waals surface area contributed by atoms with E-state index in [0.29, 0.717) is 13.2 Å². The molecule has 20 heavy (non-hydrogen) atoms. The Bertz CT molecular complexity index is 582. The largest absolute Gasteiger partial charge is 0.486 e. The van der Waals surface area contributed by atoms with Gasteiger partial charge >= 0.3 is 0 Å². The zero-order chi connectivity index (χ0) is 13.8. The van der Waals surface area contributed by atoms with E-state index < -0.39 is 0 Å². The standard InChI is InChI=1S/C14H18N4O2/c1-18-10-16-17-13(18)5-6-15-9-11-3-2-4-12-14(11)20-8-7-19-12/h2-4,10,15H,5-9H2,1H3. The first kappa shape index (κ1) is 12.9. The molecule has 0 radical (unpaired) electrons. The minimum absolute atomic E-state index is 0.614. The summed E-state index contributed by atoms with van der Waals surface area (Å²) in [6.45, 7) is 2.83. The number of rotatable bonds is 5. The van der Waals surface area contributed by atoms with Gasteiger partial charge in [0.15, 0.2) is 11.5 Å². The smallest absolute Gasteiger partial charge is 0.165 e. The van der Waals surface area contributed by atoms with E-state index in [4.69, 9.17) is 9.47 Å². The molecule has 0 aliphatic carbocycles. The van der Waals surface area contributed by atoms with Gasteiger partial charge < -0.3 is 19.4 Å². The number of aryl methyl sites for hydroxylation is 1. The van der Waals surface area contributed by atoms with Gasteiger partial charge in [-0.25, -0.2) is 0 Å². The minimum atomic E-state index is 0.614. The lowest BCUT2D eigenvalue weighted by Gasteiger charge is -2.21. The molecule has 3 rings (SSSR count). The topological polar surface area (TPSA) is 61.2 Å². The summed E-state index contributed by atoms with van der Waals surface area (Å²) in [5.41, 5.74) is 1.13. The molecule has 1 N–H and O–H groups in total. The van der Waals surface area contributed by atoms with E-state index in [2.05, 4.69) is 21.6 Å². The highest BCUT2D eigenvalue weighted by Gasteiger charge is 2.14. The van der Waals surface area contributed by atoms with Gasteiger partial charge in [-0.3, -0.25) is 0 Å². The second-order valence-corrected chi connectivity index (χ2v) is 4.73. The number of nitrogens with zero attached hydrogens (tertiary/aromatic N) is 3. The van der Waals surface area contributed by atoms with Gasteiger partial charge in [0.2, 0.25) is 0 Å². The molecule has 106 valence electrons. The molecular formula is C14H18N4O2. The van der Waals surface area contributed by atoms with Crippen molar-refractivity contribution in [2.24, 2.45) is 7.05 Å². The van der Waals surface area contributed by atoms with E-state index in [1.807, 2.05) is 23.7 Å². The number of hydrogen-bond acceptors (Lipinski definition) is 5. The monoisotopic (exact) mass is 274 g/mol. The Morgan fingerprint density at radius 2 is 2.20 bits per heavy atom. The molecule has 1 aromatic carbocycles. The molecule has 2 heterocycles. The predicted octanol–water partition coefficient (Wildman–Crippen LogP) is 0.919. The van der Waals surface area contributed by atoms with Gasteiger partial charge in [0.05, 0.1) is 0 Å². The number of nitrogens with one attached hydrogen (secondary N) is 1. The van der Waals surface area contributed by atoms with Crippen LogP contribution >= 0.6 is 0 Å². The molecule has 0 atom stereocenters. The number of fused-ring (bicyclic) bond motifs is 1. The molecule has 0 amide bonds. The molecule has 6 nitrogen and oxygen atoms in total. The number of aromatic nitrogens is 3. The molecule has 0 saturated carbocycles. The van der Waals surface area contributed by atoms with Crippen molar-refractivity contribution in [1.29, 1.82) is 0 Å². The number of benzene rings is 1. The van der Waals surface area contributed by atoms with Crippen molar-refractivity contribution < 1.29 is 9.47 Å². The molecule has 0 unspecified atom stereocenters. The van der Waals surface area contributed by atoms with Crippen molar-refractivity contribution in [3.8, 4) is 11.5 Å². The lowest BCUT2D eigenvalue weighted by Crippen LogP contribution is -2.21.